The van der Waals surface area contributed by atoms with E-state index in [1.54, 1.807) is 18.2 Å². The lowest BCUT2D eigenvalue weighted by Gasteiger charge is -2.23. The first-order valence-corrected chi connectivity index (χ1v) is 7.61. The average Bonchev–Trinajstić information content (AvgIpc) is 2.47. The van der Waals surface area contributed by atoms with Crippen LogP contribution in [0.15, 0.2) is 48.5 Å². The number of nitrogens with one attached hydrogen (secondary N) is 2. The van der Waals surface area contributed by atoms with Crippen molar-refractivity contribution >= 4 is 34.4 Å². The monoisotopic (exact) mass is 329 g/mol. The Hall–Kier alpha value is -2.47. The third-order valence-electron chi connectivity index (χ3n) is 3.33. The predicted molar refractivity (Wildman–Crippen MR) is 98.1 cm³/mol. The van der Waals surface area contributed by atoms with Crippen LogP contribution in [0.4, 0.5) is 17.1 Å². The van der Waals surface area contributed by atoms with Gasteiger partial charge in [0.1, 0.15) is 5.69 Å². The van der Waals surface area contributed by atoms with Gasteiger partial charge < -0.3 is 10.6 Å². The van der Waals surface area contributed by atoms with Gasteiger partial charge in [0.25, 0.3) is 5.69 Å². The summed E-state index contributed by atoms with van der Waals surface area (Å²) in [5.74, 6) is 0. The van der Waals surface area contributed by atoms with Crippen LogP contribution in [-0.4, -0.2) is 10.0 Å². The van der Waals surface area contributed by atoms with E-state index in [0.717, 1.165) is 11.3 Å². The number of nitrogens with zero attached hydrogens (tertiary/aromatic N) is 1. The van der Waals surface area contributed by atoms with Gasteiger partial charge in [-0.1, -0.05) is 51.1 Å². The molecule has 0 atom stereocenters. The van der Waals surface area contributed by atoms with Crippen molar-refractivity contribution < 1.29 is 4.92 Å². The number of hydrogen-bond donors (Lipinski definition) is 2. The van der Waals surface area contributed by atoms with Gasteiger partial charge in [-0.25, -0.2) is 0 Å². The highest BCUT2D eigenvalue weighted by Crippen LogP contribution is 2.29. The lowest BCUT2D eigenvalue weighted by Crippen LogP contribution is -2.23. The van der Waals surface area contributed by atoms with Crippen molar-refractivity contribution in [3.63, 3.8) is 0 Å². The first kappa shape index (κ1) is 16.9. The molecule has 0 aliphatic heterocycles. The van der Waals surface area contributed by atoms with Crippen LogP contribution in [-0.2, 0) is 5.41 Å². The number of thiocarbonyl (C=S) groups is 1. The zero-order valence-electron chi connectivity index (χ0n) is 13.3. The molecule has 0 radical (unpaired) electrons. The summed E-state index contributed by atoms with van der Waals surface area (Å²) in [6.45, 7) is 6.35. The molecule has 2 N–H and O–H groups in total. The van der Waals surface area contributed by atoms with Crippen molar-refractivity contribution in [1.82, 2.24) is 0 Å². The van der Waals surface area contributed by atoms with Crippen molar-refractivity contribution in [2.45, 2.75) is 26.2 Å². The fourth-order valence-electron chi connectivity index (χ4n) is 2.26. The molecule has 2 aromatic rings. The molecule has 0 bridgehead atoms. The van der Waals surface area contributed by atoms with Crippen LogP contribution in [0.2, 0.25) is 0 Å². The van der Waals surface area contributed by atoms with Gasteiger partial charge >= 0.3 is 0 Å². The van der Waals surface area contributed by atoms with Crippen molar-refractivity contribution in [3.8, 4) is 0 Å². The van der Waals surface area contributed by atoms with E-state index in [-0.39, 0.29) is 11.1 Å². The molecule has 0 fully saturated rings. The Morgan fingerprint density at radius 3 is 2.13 bits per heavy atom. The van der Waals surface area contributed by atoms with Gasteiger partial charge in [-0.05, 0) is 35.3 Å². The van der Waals surface area contributed by atoms with E-state index in [2.05, 4.69) is 31.4 Å². The number of benzene rings is 2. The molecule has 0 aliphatic rings. The molecular weight excluding hydrogens is 310 g/mol. The molecule has 0 heterocycles. The van der Waals surface area contributed by atoms with Crippen LogP contribution < -0.4 is 10.6 Å². The molecule has 0 amide bonds. The molecule has 5 nitrogen and oxygen atoms in total. The van der Waals surface area contributed by atoms with Gasteiger partial charge in [0, 0.05) is 11.8 Å². The van der Waals surface area contributed by atoms with E-state index in [1.807, 2.05) is 24.3 Å². The molecule has 2 rings (SSSR count). The largest absolute Gasteiger partial charge is 0.332 e. The normalized spacial score (nSPS) is 10.9. The molecular formula is C17H19N3O2S. The summed E-state index contributed by atoms with van der Waals surface area (Å²) in [5.41, 5.74) is 2.31. The molecule has 2 aromatic carbocycles. The van der Waals surface area contributed by atoms with Gasteiger partial charge in [0.05, 0.1) is 4.92 Å². The summed E-state index contributed by atoms with van der Waals surface area (Å²) in [6, 6.07) is 14.3. The van der Waals surface area contributed by atoms with Gasteiger partial charge in [0.15, 0.2) is 5.11 Å². The maximum absolute atomic E-state index is 11.0. The van der Waals surface area contributed by atoms with Gasteiger partial charge in [-0.3, -0.25) is 10.1 Å². The fraction of sp³-hybridized carbons (Fsp3) is 0.235. The second-order valence-corrected chi connectivity index (χ2v) is 6.56. The summed E-state index contributed by atoms with van der Waals surface area (Å²) in [6.07, 6.45) is 0. The fourth-order valence-corrected chi connectivity index (χ4v) is 2.48. The minimum Gasteiger partial charge on any atom is -0.332 e. The lowest BCUT2D eigenvalue weighted by molar-refractivity contribution is -0.383. The second kappa shape index (κ2) is 6.75. The highest BCUT2D eigenvalue weighted by molar-refractivity contribution is 7.80. The Kier molecular flexibility index (Phi) is 4.95. The van der Waals surface area contributed by atoms with Crippen LogP contribution >= 0.6 is 12.2 Å². The molecule has 0 aromatic heterocycles. The number of para-hydroxylation sites is 3. The van der Waals surface area contributed by atoms with Crippen molar-refractivity contribution in [2.75, 3.05) is 10.6 Å². The molecule has 6 heteroatoms. The number of nitro benzene ring substituents is 1. The quantitative estimate of drug-likeness (QED) is 0.485. The van der Waals surface area contributed by atoms with Crippen molar-refractivity contribution in [2.24, 2.45) is 0 Å². The van der Waals surface area contributed by atoms with E-state index >= 15 is 0 Å². The Morgan fingerprint density at radius 1 is 1.00 bits per heavy atom. The summed E-state index contributed by atoms with van der Waals surface area (Å²) in [4.78, 5) is 10.6. The molecule has 120 valence electrons. The second-order valence-electron chi connectivity index (χ2n) is 6.15. The number of nitro groups is 1. The van der Waals surface area contributed by atoms with E-state index in [1.165, 1.54) is 6.07 Å². The van der Waals surface area contributed by atoms with Crippen LogP contribution in [0.5, 0.6) is 0 Å². The van der Waals surface area contributed by atoms with Crippen LogP contribution in [0.3, 0.4) is 0 Å². The highest BCUT2D eigenvalue weighted by atomic mass is 32.1. The summed E-state index contributed by atoms with van der Waals surface area (Å²) in [5, 5.41) is 17.4. The Labute approximate surface area is 140 Å². The maximum Gasteiger partial charge on any atom is 0.292 e. The first-order chi connectivity index (χ1) is 10.8. The Bertz CT molecular complexity index is 739. The van der Waals surface area contributed by atoms with Gasteiger partial charge in [-0.2, -0.15) is 0 Å². The van der Waals surface area contributed by atoms with Crippen molar-refractivity contribution in [3.05, 3.63) is 64.2 Å². The number of hydrogen-bond acceptors (Lipinski definition) is 3. The first-order valence-electron chi connectivity index (χ1n) is 7.20. The zero-order valence-corrected chi connectivity index (χ0v) is 14.1. The average molecular weight is 329 g/mol. The predicted octanol–water partition coefficient (Wildman–Crippen LogP) is 4.70. The molecule has 0 spiro atoms. The number of anilines is 2. The smallest absolute Gasteiger partial charge is 0.292 e. The van der Waals surface area contributed by atoms with Crippen LogP contribution in [0, 0.1) is 10.1 Å². The van der Waals surface area contributed by atoms with Crippen molar-refractivity contribution in [1.29, 1.82) is 0 Å². The molecule has 0 saturated carbocycles. The van der Waals surface area contributed by atoms with E-state index in [0.29, 0.717) is 10.8 Å². The Morgan fingerprint density at radius 2 is 1.52 bits per heavy atom. The number of rotatable bonds is 3. The zero-order chi connectivity index (χ0) is 17.0. The Balaban J connectivity index is 2.20. The standard InChI is InChI=1S/C17H19N3O2S/c1-17(2,3)12-8-4-5-9-13(12)18-16(23)19-14-10-6-7-11-15(14)20(21)22/h4-11H,1-3H3,(H2,18,19,23). The lowest BCUT2D eigenvalue weighted by atomic mass is 9.86. The molecule has 0 saturated heterocycles. The van der Waals surface area contributed by atoms with Gasteiger partial charge in [-0.15, -0.1) is 0 Å². The third kappa shape index (κ3) is 4.26. The molecule has 23 heavy (non-hydrogen) atoms. The maximum atomic E-state index is 11.0. The topological polar surface area (TPSA) is 67.2 Å². The minimum absolute atomic E-state index is 0.0132. The summed E-state index contributed by atoms with van der Waals surface area (Å²) >= 11 is 5.30. The third-order valence-corrected chi connectivity index (χ3v) is 3.54. The van der Waals surface area contributed by atoms with E-state index in [4.69, 9.17) is 12.2 Å². The summed E-state index contributed by atoms with van der Waals surface area (Å²) < 4.78 is 0. The minimum atomic E-state index is -0.436. The van der Waals surface area contributed by atoms with E-state index in [9.17, 15) is 10.1 Å². The van der Waals surface area contributed by atoms with Gasteiger partial charge in [0.2, 0.25) is 0 Å². The SMILES string of the molecule is CC(C)(C)c1ccccc1NC(=S)Nc1ccccc1[N+](=O)[O-]. The molecule has 0 unspecified atom stereocenters. The van der Waals surface area contributed by atoms with Crippen LogP contribution in [0.25, 0.3) is 0 Å². The highest BCUT2D eigenvalue weighted by Gasteiger charge is 2.18. The van der Waals surface area contributed by atoms with Crippen LogP contribution in [0.1, 0.15) is 26.3 Å². The summed E-state index contributed by atoms with van der Waals surface area (Å²) in [7, 11) is 0. The van der Waals surface area contributed by atoms with E-state index < -0.39 is 4.92 Å². The molecule has 0 aliphatic carbocycles.